The number of nitrogens with one attached hydrogen (secondary N) is 1. The van der Waals surface area contributed by atoms with Crippen molar-refractivity contribution in [1.29, 1.82) is 0 Å². The van der Waals surface area contributed by atoms with Gasteiger partial charge in [-0.1, -0.05) is 20.8 Å². The second-order valence-electron chi connectivity index (χ2n) is 5.74. The Balaban J connectivity index is 2.46. The number of hydrogen-bond acceptors (Lipinski definition) is 4. The predicted molar refractivity (Wildman–Crippen MR) is 83.7 cm³/mol. The lowest BCUT2D eigenvalue weighted by Gasteiger charge is -2.40. The van der Waals surface area contributed by atoms with E-state index < -0.39 is 5.54 Å². The van der Waals surface area contributed by atoms with Crippen molar-refractivity contribution in [2.45, 2.75) is 45.6 Å². The monoisotopic (exact) mass is 284 g/mol. The molecule has 0 bridgehead atoms. The molecular weight excluding hydrogens is 252 g/mol. The molecule has 1 aliphatic rings. The number of carbonyl (C=O) groups is 1. The zero-order chi connectivity index (χ0) is 15.0. The van der Waals surface area contributed by atoms with E-state index in [0.29, 0.717) is 0 Å². The number of primary amides is 1. The molecule has 5 heteroatoms. The molecule has 1 fully saturated rings. The van der Waals surface area contributed by atoms with Crippen molar-refractivity contribution in [1.82, 2.24) is 15.1 Å². The van der Waals surface area contributed by atoms with Gasteiger partial charge in [-0.05, 0) is 38.9 Å². The van der Waals surface area contributed by atoms with Gasteiger partial charge in [-0.15, -0.1) is 0 Å². The van der Waals surface area contributed by atoms with E-state index in [4.69, 9.17) is 5.73 Å². The smallest absolute Gasteiger partial charge is 0.237 e. The van der Waals surface area contributed by atoms with E-state index in [2.05, 4.69) is 35.9 Å². The molecule has 0 unspecified atom stereocenters. The Labute approximate surface area is 123 Å². The van der Waals surface area contributed by atoms with Crippen LogP contribution in [0.3, 0.4) is 0 Å². The lowest BCUT2D eigenvalue weighted by Crippen LogP contribution is -2.61. The average molecular weight is 284 g/mol. The van der Waals surface area contributed by atoms with Crippen molar-refractivity contribution in [3.63, 3.8) is 0 Å². The first-order valence-electron chi connectivity index (χ1n) is 8.07. The zero-order valence-corrected chi connectivity index (χ0v) is 13.5. The zero-order valence-electron chi connectivity index (χ0n) is 13.5. The maximum atomic E-state index is 11.9. The molecule has 5 nitrogen and oxygen atoms in total. The van der Waals surface area contributed by atoms with Gasteiger partial charge in [0.05, 0.1) is 0 Å². The number of carbonyl (C=O) groups excluding carboxylic acids is 1. The van der Waals surface area contributed by atoms with Gasteiger partial charge in [0, 0.05) is 26.2 Å². The van der Waals surface area contributed by atoms with Crippen LogP contribution in [-0.4, -0.2) is 67.1 Å². The lowest BCUT2D eigenvalue weighted by atomic mass is 9.86. The highest BCUT2D eigenvalue weighted by atomic mass is 16.1. The molecule has 0 atom stereocenters. The van der Waals surface area contributed by atoms with Crippen LogP contribution in [0.5, 0.6) is 0 Å². The van der Waals surface area contributed by atoms with Crippen LogP contribution >= 0.6 is 0 Å². The molecule has 0 aromatic rings. The summed E-state index contributed by atoms with van der Waals surface area (Å²) >= 11 is 0. The molecule has 1 rings (SSSR count). The summed E-state index contributed by atoms with van der Waals surface area (Å²) < 4.78 is 0. The van der Waals surface area contributed by atoms with E-state index >= 15 is 0 Å². The summed E-state index contributed by atoms with van der Waals surface area (Å²) in [5, 5.41) is 3.45. The second kappa shape index (κ2) is 8.60. The molecule has 1 amide bonds. The fourth-order valence-electron chi connectivity index (χ4n) is 2.98. The van der Waals surface area contributed by atoms with Crippen molar-refractivity contribution < 1.29 is 4.79 Å². The number of hydrogen-bond donors (Lipinski definition) is 2. The number of likely N-dealkylation sites (tertiary alicyclic amines) is 1. The molecule has 0 aliphatic carbocycles. The second-order valence-corrected chi connectivity index (χ2v) is 5.74. The maximum absolute atomic E-state index is 11.9. The van der Waals surface area contributed by atoms with Crippen LogP contribution in [0.15, 0.2) is 0 Å². The fraction of sp³-hybridized carbons (Fsp3) is 0.933. The van der Waals surface area contributed by atoms with Crippen molar-refractivity contribution in [3.05, 3.63) is 0 Å². The van der Waals surface area contributed by atoms with Crippen LogP contribution in [0.2, 0.25) is 0 Å². The van der Waals surface area contributed by atoms with E-state index in [1.165, 1.54) is 6.42 Å². The Morgan fingerprint density at radius 2 is 1.85 bits per heavy atom. The molecule has 1 aliphatic heterocycles. The number of nitrogens with zero attached hydrogens (tertiary/aromatic N) is 2. The first-order chi connectivity index (χ1) is 9.57. The minimum absolute atomic E-state index is 0.187. The van der Waals surface area contributed by atoms with E-state index in [9.17, 15) is 4.79 Å². The van der Waals surface area contributed by atoms with Gasteiger partial charge in [0.2, 0.25) is 5.91 Å². The van der Waals surface area contributed by atoms with E-state index in [0.717, 1.165) is 58.7 Å². The van der Waals surface area contributed by atoms with Gasteiger partial charge in [0.15, 0.2) is 0 Å². The highest BCUT2D eigenvalue weighted by molar-refractivity contribution is 5.84. The number of nitrogens with two attached hydrogens (primary N) is 1. The Bertz CT molecular complexity index is 284. The summed E-state index contributed by atoms with van der Waals surface area (Å²) in [5.41, 5.74) is 5.18. The van der Waals surface area contributed by atoms with E-state index in [1.807, 2.05) is 0 Å². The third kappa shape index (κ3) is 4.72. The summed E-state index contributed by atoms with van der Waals surface area (Å²) in [7, 11) is 0. The van der Waals surface area contributed by atoms with Crippen LogP contribution in [0, 0.1) is 0 Å². The molecule has 0 aromatic heterocycles. The molecule has 0 aromatic carbocycles. The third-order valence-corrected chi connectivity index (χ3v) is 4.51. The molecular formula is C15H32N4O. The van der Waals surface area contributed by atoms with Gasteiger partial charge in [-0.2, -0.15) is 0 Å². The maximum Gasteiger partial charge on any atom is 0.237 e. The van der Waals surface area contributed by atoms with Crippen LogP contribution in [0.25, 0.3) is 0 Å². The van der Waals surface area contributed by atoms with Crippen LogP contribution < -0.4 is 11.1 Å². The largest absolute Gasteiger partial charge is 0.368 e. The summed E-state index contributed by atoms with van der Waals surface area (Å²) in [5.74, 6) is -0.187. The number of amides is 1. The summed E-state index contributed by atoms with van der Waals surface area (Å²) in [6, 6.07) is 0. The Morgan fingerprint density at radius 3 is 2.30 bits per heavy atom. The Kier molecular flexibility index (Phi) is 7.48. The van der Waals surface area contributed by atoms with Crippen LogP contribution in [-0.2, 0) is 4.79 Å². The molecule has 0 saturated carbocycles. The highest BCUT2D eigenvalue weighted by Crippen LogP contribution is 2.22. The fourth-order valence-corrected chi connectivity index (χ4v) is 2.98. The average Bonchev–Trinajstić information content (AvgIpc) is 2.45. The molecule has 3 N–H and O–H groups in total. The van der Waals surface area contributed by atoms with Crippen molar-refractivity contribution in [2.75, 3.05) is 45.8 Å². The third-order valence-electron chi connectivity index (χ3n) is 4.51. The molecule has 0 spiro atoms. The van der Waals surface area contributed by atoms with Gasteiger partial charge >= 0.3 is 0 Å². The molecule has 1 heterocycles. The minimum atomic E-state index is -0.489. The Hall–Kier alpha value is -0.650. The van der Waals surface area contributed by atoms with E-state index in [1.54, 1.807) is 0 Å². The SMILES string of the molecule is CCCN1CCC(NCCN(CC)CC)(C(N)=O)CC1. The van der Waals surface area contributed by atoms with Gasteiger partial charge in [0.25, 0.3) is 0 Å². The van der Waals surface area contributed by atoms with Gasteiger partial charge in [-0.3, -0.25) is 4.79 Å². The van der Waals surface area contributed by atoms with Crippen molar-refractivity contribution in [3.8, 4) is 0 Å². The number of rotatable bonds is 9. The van der Waals surface area contributed by atoms with E-state index in [-0.39, 0.29) is 5.91 Å². The summed E-state index contributed by atoms with van der Waals surface area (Å²) in [6.45, 7) is 13.5. The first kappa shape index (κ1) is 17.4. The summed E-state index contributed by atoms with van der Waals surface area (Å²) in [4.78, 5) is 16.7. The number of likely N-dealkylation sites (N-methyl/N-ethyl adjacent to an activating group) is 1. The van der Waals surface area contributed by atoms with Crippen molar-refractivity contribution in [2.24, 2.45) is 5.73 Å². The Morgan fingerprint density at radius 1 is 1.25 bits per heavy atom. The van der Waals surface area contributed by atoms with Gasteiger partial charge in [0.1, 0.15) is 5.54 Å². The molecule has 20 heavy (non-hydrogen) atoms. The number of piperidine rings is 1. The molecule has 0 radical (unpaired) electrons. The lowest BCUT2D eigenvalue weighted by molar-refractivity contribution is -0.126. The van der Waals surface area contributed by atoms with Gasteiger partial charge < -0.3 is 20.9 Å². The predicted octanol–water partition coefficient (Wildman–Crippen LogP) is 0.648. The van der Waals surface area contributed by atoms with Crippen molar-refractivity contribution >= 4 is 5.91 Å². The molecule has 1 saturated heterocycles. The minimum Gasteiger partial charge on any atom is -0.368 e. The first-order valence-corrected chi connectivity index (χ1v) is 8.07. The quantitative estimate of drug-likeness (QED) is 0.652. The highest BCUT2D eigenvalue weighted by Gasteiger charge is 2.39. The standard InChI is InChI=1S/C15H32N4O/c1-4-10-19-11-7-15(8-12-19,14(16)20)17-9-13-18(5-2)6-3/h17H,4-13H2,1-3H3,(H2,16,20). The summed E-state index contributed by atoms with van der Waals surface area (Å²) in [6.07, 6.45) is 2.83. The van der Waals surface area contributed by atoms with Crippen LogP contribution in [0.1, 0.15) is 40.0 Å². The van der Waals surface area contributed by atoms with Crippen LogP contribution in [0.4, 0.5) is 0 Å². The normalized spacial score (nSPS) is 19.4. The van der Waals surface area contributed by atoms with Gasteiger partial charge in [-0.25, -0.2) is 0 Å². The molecule has 118 valence electrons. The topological polar surface area (TPSA) is 61.6 Å².